The minimum absolute atomic E-state index is 0.0235. The molecule has 1 fully saturated rings. The van der Waals surface area contributed by atoms with Crippen LogP contribution in [0.2, 0.25) is 0 Å². The second-order valence-electron chi connectivity index (χ2n) is 12.2. The molecule has 0 saturated heterocycles. The third-order valence-electron chi connectivity index (χ3n) is 8.90. The van der Waals surface area contributed by atoms with Gasteiger partial charge in [0.2, 0.25) is 11.8 Å². The van der Waals surface area contributed by atoms with Crippen LogP contribution in [0.25, 0.3) is 0 Å². The first-order valence-electron chi connectivity index (χ1n) is 14.5. The number of rotatable bonds is 7. The summed E-state index contributed by atoms with van der Waals surface area (Å²) in [6, 6.07) is 8.98. The third kappa shape index (κ3) is 6.20. The summed E-state index contributed by atoms with van der Waals surface area (Å²) >= 11 is 0. The fourth-order valence-electron chi connectivity index (χ4n) is 6.16. The second-order valence-corrected chi connectivity index (χ2v) is 12.2. The van der Waals surface area contributed by atoms with E-state index in [2.05, 4.69) is 22.5 Å². The van der Waals surface area contributed by atoms with Gasteiger partial charge in [0.25, 0.3) is 0 Å². The molecule has 2 aromatic carbocycles. The van der Waals surface area contributed by atoms with E-state index < -0.39 is 29.1 Å². The summed E-state index contributed by atoms with van der Waals surface area (Å²) in [5.41, 5.74) is 8.33. The summed E-state index contributed by atoms with van der Waals surface area (Å²) in [5.74, 6) is -0.650. The predicted molar refractivity (Wildman–Crippen MR) is 154 cm³/mol. The highest BCUT2D eigenvalue weighted by Crippen LogP contribution is 2.37. The van der Waals surface area contributed by atoms with Gasteiger partial charge in [-0.25, -0.2) is 13.8 Å². The second kappa shape index (κ2) is 11.7. The number of hydrogen-bond donors (Lipinski definition) is 3. The molecule has 218 valence electrons. The maximum atomic E-state index is 14.3. The van der Waals surface area contributed by atoms with E-state index in [9.17, 15) is 18.4 Å². The lowest BCUT2D eigenvalue weighted by Crippen LogP contribution is -2.48. The summed E-state index contributed by atoms with van der Waals surface area (Å²) in [4.78, 5) is 30.7. The van der Waals surface area contributed by atoms with Gasteiger partial charge in [-0.2, -0.15) is 0 Å². The van der Waals surface area contributed by atoms with E-state index in [0.29, 0.717) is 47.7 Å². The van der Waals surface area contributed by atoms with E-state index in [0.717, 1.165) is 37.3 Å². The van der Waals surface area contributed by atoms with E-state index in [1.165, 1.54) is 12.4 Å². The number of anilines is 1. The predicted octanol–water partition coefficient (Wildman–Crippen LogP) is 5.50. The number of nitrogens with one attached hydrogen (secondary N) is 2. The van der Waals surface area contributed by atoms with Crippen molar-refractivity contribution in [2.75, 3.05) is 5.32 Å². The van der Waals surface area contributed by atoms with Crippen LogP contribution in [0.3, 0.4) is 0 Å². The largest absolute Gasteiger partial charge is 0.351 e. The van der Waals surface area contributed by atoms with Gasteiger partial charge >= 0.3 is 0 Å². The van der Waals surface area contributed by atoms with Gasteiger partial charge in [0.15, 0.2) is 5.82 Å². The van der Waals surface area contributed by atoms with Crippen LogP contribution in [0.15, 0.2) is 48.9 Å². The van der Waals surface area contributed by atoms with Crippen molar-refractivity contribution in [3.8, 4) is 0 Å². The standard InChI is InChI=1S/C32H39F2N5O2/c1-19-8-11-23(12-9-19)37-31(41)32(2,3)39-17-28(36-18-39)38-30(40)29(35)26-7-5-4-6-24(26)20-10-13-25-21(14-20)15-22(33)16-27(25)34/h4-7,15-20,23,29H,8-14,35H2,1-3H3,(H,37,41)(H,38,40)/t19?,20?,23?,29-/m0/s1. The van der Waals surface area contributed by atoms with Crippen LogP contribution in [0.5, 0.6) is 0 Å². The van der Waals surface area contributed by atoms with Gasteiger partial charge in [-0.05, 0) is 98.9 Å². The van der Waals surface area contributed by atoms with Crippen molar-refractivity contribution in [1.82, 2.24) is 14.9 Å². The lowest BCUT2D eigenvalue weighted by atomic mass is 9.77. The van der Waals surface area contributed by atoms with E-state index in [-0.39, 0.29) is 17.9 Å². The average molecular weight is 564 g/mol. The fourth-order valence-corrected chi connectivity index (χ4v) is 6.16. The summed E-state index contributed by atoms with van der Waals surface area (Å²) in [6.45, 7) is 5.89. The molecule has 0 radical (unpaired) electrons. The number of nitrogens with zero attached hydrogens (tertiary/aromatic N) is 2. The van der Waals surface area contributed by atoms with Gasteiger partial charge in [0, 0.05) is 18.3 Å². The van der Waals surface area contributed by atoms with E-state index >= 15 is 0 Å². The number of nitrogens with two attached hydrogens (primary N) is 1. The van der Waals surface area contributed by atoms with Crippen LogP contribution >= 0.6 is 0 Å². The highest BCUT2D eigenvalue weighted by atomic mass is 19.1. The minimum atomic E-state index is -0.980. The van der Waals surface area contributed by atoms with Crippen LogP contribution in [-0.2, 0) is 28.0 Å². The smallest absolute Gasteiger partial charge is 0.247 e. The molecule has 0 aliphatic heterocycles. The summed E-state index contributed by atoms with van der Waals surface area (Å²) in [7, 11) is 0. The lowest BCUT2D eigenvalue weighted by molar-refractivity contribution is -0.129. The zero-order chi connectivity index (χ0) is 29.3. The molecule has 2 amide bonds. The van der Waals surface area contributed by atoms with E-state index in [1.54, 1.807) is 10.8 Å². The molecular formula is C32H39F2N5O2. The summed E-state index contributed by atoms with van der Waals surface area (Å²) in [5, 5.41) is 5.97. The maximum absolute atomic E-state index is 14.3. The lowest BCUT2D eigenvalue weighted by Gasteiger charge is -2.31. The Morgan fingerprint density at radius 1 is 1.10 bits per heavy atom. The van der Waals surface area contributed by atoms with Gasteiger partial charge < -0.3 is 20.9 Å². The molecule has 3 aromatic rings. The van der Waals surface area contributed by atoms with Gasteiger partial charge in [-0.3, -0.25) is 9.59 Å². The molecule has 5 rings (SSSR count). The molecule has 2 aliphatic carbocycles. The van der Waals surface area contributed by atoms with Gasteiger partial charge in [0.1, 0.15) is 23.2 Å². The molecule has 41 heavy (non-hydrogen) atoms. The molecule has 2 aliphatic rings. The SMILES string of the molecule is CC1CCC(NC(=O)C(C)(C)n2cnc(NC(=O)[C@@H](N)c3ccccc3C3CCc4c(F)cc(F)cc4C3)c2)CC1. The van der Waals surface area contributed by atoms with Crippen molar-refractivity contribution in [3.05, 3.63) is 82.8 Å². The van der Waals surface area contributed by atoms with E-state index in [1.807, 2.05) is 38.1 Å². The molecule has 1 saturated carbocycles. The van der Waals surface area contributed by atoms with Crippen LogP contribution in [-0.4, -0.2) is 27.4 Å². The number of fused-ring (bicyclic) bond motifs is 1. The Kier molecular flexibility index (Phi) is 8.27. The number of halogens is 2. The Balaban J connectivity index is 1.26. The third-order valence-corrected chi connectivity index (χ3v) is 8.90. The zero-order valence-electron chi connectivity index (χ0n) is 23.9. The topological polar surface area (TPSA) is 102 Å². The Bertz CT molecular complexity index is 1430. The number of aromatic nitrogens is 2. The van der Waals surface area contributed by atoms with Crippen molar-refractivity contribution < 1.29 is 18.4 Å². The molecule has 1 aromatic heterocycles. The van der Waals surface area contributed by atoms with Crippen LogP contribution in [0.4, 0.5) is 14.6 Å². The molecule has 0 bridgehead atoms. The number of carbonyl (C=O) groups is 2. The van der Waals surface area contributed by atoms with Crippen LogP contribution in [0, 0.1) is 17.6 Å². The van der Waals surface area contributed by atoms with Gasteiger partial charge in [0.05, 0.1) is 6.33 Å². The van der Waals surface area contributed by atoms with Crippen LogP contribution < -0.4 is 16.4 Å². The minimum Gasteiger partial charge on any atom is -0.351 e. The van der Waals surface area contributed by atoms with Crippen LogP contribution in [0.1, 0.15) is 87.1 Å². The molecular weight excluding hydrogens is 524 g/mol. The average Bonchev–Trinajstić information content (AvgIpc) is 3.42. The number of benzene rings is 2. The number of hydrogen-bond acceptors (Lipinski definition) is 4. The maximum Gasteiger partial charge on any atom is 0.247 e. The molecule has 0 spiro atoms. The first-order valence-corrected chi connectivity index (χ1v) is 14.5. The van der Waals surface area contributed by atoms with Crippen molar-refractivity contribution in [3.63, 3.8) is 0 Å². The Morgan fingerprint density at radius 3 is 2.59 bits per heavy atom. The quantitative estimate of drug-likeness (QED) is 0.353. The van der Waals surface area contributed by atoms with E-state index in [4.69, 9.17) is 5.73 Å². The summed E-state index contributed by atoms with van der Waals surface area (Å²) < 4.78 is 29.9. The highest BCUT2D eigenvalue weighted by Gasteiger charge is 2.33. The monoisotopic (exact) mass is 563 g/mol. The first-order chi connectivity index (χ1) is 19.5. The molecule has 9 heteroatoms. The molecule has 4 N–H and O–H groups in total. The van der Waals surface area contributed by atoms with Gasteiger partial charge in [-0.1, -0.05) is 31.2 Å². The Morgan fingerprint density at radius 2 is 1.83 bits per heavy atom. The molecule has 1 unspecified atom stereocenters. The van der Waals surface area contributed by atoms with Crippen molar-refractivity contribution >= 4 is 17.6 Å². The van der Waals surface area contributed by atoms with Crippen molar-refractivity contribution in [2.45, 2.75) is 89.3 Å². The zero-order valence-corrected chi connectivity index (χ0v) is 23.9. The van der Waals surface area contributed by atoms with Gasteiger partial charge in [-0.15, -0.1) is 0 Å². The Labute approximate surface area is 239 Å². The normalized spacial score (nSPS) is 21.6. The number of carbonyl (C=O) groups excluding carboxylic acids is 2. The molecule has 7 nitrogen and oxygen atoms in total. The Hall–Kier alpha value is -3.59. The highest BCUT2D eigenvalue weighted by molar-refractivity contribution is 5.95. The van der Waals surface area contributed by atoms with Crippen molar-refractivity contribution in [2.24, 2.45) is 11.7 Å². The fraction of sp³-hybridized carbons (Fsp3) is 0.469. The molecule has 2 atom stereocenters. The summed E-state index contributed by atoms with van der Waals surface area (Å²) in [6.07, 6.45) is 8.99. The number of amides is 2. The molecule has 1 heterocycles. The first kappa shape index (κ1) is 28.9. The number of imidazole rings is 1. The van der Waals surface area contributed by atoms with Crippen molar-refractivity contribution in [1.29, 1.82) is 0 Å².